The van der Waals surface area contributed by atoms with E-state index in [0.29, 0.717) is 12.5 Å². The molecule has 0 radical (unpaired) electrons. The van der Waals surface area contributed by atoms with E-state index < -0.39 is 0 Å². The molecular formula is C21H25N5O. The van der Waals surface area contributed by atoms with Crippen LogP contribution < -0.4 is 15.8 Å². The Balaban J connectivity index is 1.57. The Hall–Kier alpha value is -3.28. The molecule has 3 rings (SSSR count). The number of anilines is 1. The Morgan fingerprint density at radius 2 is 1.93 bits per heavy atom. The van der Waals surface area contributed by atoms with E-state index in [9.17, 15) is 0 Å². The quantitative estimate of drug-likeness (QED) is 0.496. The predicted molar refractivity (Wildman–Crippen MR) is 109 cm³/mol. The molecule has 0 bridgehead atoms. The summed E-state index contributed by atoms with van der Waals surface area (Å²) in [5.74, 6) is 1.21. The molecule has 0 spiro atoms. The van der Waals surface area contributed by atoms with Gasteiger partial charge in [-0.25, -0.2) is 4.99 Å². The molecule has 0 atom stereocenters. The van der Waals surface area contributed by atoms with Crippen molar-refractivity contribution in [3.05, 3.63) is 78.1 Å². The molecular weight excluding hydrogens is 338 g/mol. The fraction of sp³-hybridized carbons (Fsp3) is 0.238. The zero-order valence-corrected chi connectivity index (χ0v) is 15.7. The first-order valence-electron chi connectivity index (χ1n) is 8.97. The lowest BCUT2D eigenvalue weighted by atomic mass is 10.1. The number of nitrogens with one attached hydrogen (secondary N) is 1. The third-order valence-electron chi connectivity index (χ3n) is 3.83. The molecule has 1 heterocycles. The van der Waals surface area contributed by atoms with E-state index in [-0.39, 0.29) is 6.10 Å². The van der Waals surface area contributed by atoms with Crippen molar-refractivity contribution in [1.82, 2.24) is 9.78 Å². The number of nitrogens with two attached hydrogens (primary N) is 1. The molecule has 0 saturated carbocycles. The lowest BCUT2D eigenvalue weighted by Crippen LogP contribution is -2.22. The summed E-state index contributed by atoms with van der Waals surface area (Å²) in [6.07, 6.45) is 3.88. The van der Waals surface area contributed by atoms with Crippen LogP contribution in [0.15, 0.2) is 72.0 Å². The van der Waals surface area contributed by atoms with Crippen LogP contribution in [-0.4, -0.2) is 21.8 Å². The molecule has 0 aliphatic carbocycles. The number of benzene rings is 2. The van der Waals surface area contributed by atoms with Gasteiger partial charge in [-0.1, -0.05) is 24.3 Å². The highest BCUT2D eigenvalue weighted by Crippen LogP contribution is 2.16. The van der Waals surface area contributed by atoms with E-state index in [0.717, 1.165) is 23.5 Å². The molecule has 3 aromatic rings. The molecule has 0 saturated heterocycles. The molecule has 0 unspecified atom stereocenters. The minimum atomic E-state index is 0.152. The second-order valence-corrected chi connectivity index (χ2v) is 6.54. The summed E-state index contributed by atoms with van der Waals surface area (Å²) in [6, 6.07) is 17.9. The molecule has 0 aliphatic rings. The van der Waals surface area contributed by atoms with Gasteiger partial charge in [0, 0.05) is 18.1 Å². The summed E-state index contributed by atoms with van der Waals surface area (Å²) in [5, 5.41) is 7.34. The van der Waals surface area contributed by atoms with Gasteiger partial charge in [0.05, 0.1) is 19.2 Å². The van der Waals surface area contributed by atoms with Crippen LogP contribution in [0.5, 0.6) is 5.75 Å². The van der Waals surface area contributed by atoms with Gasteiger partial charge in [-0.3, -0.25) is 4.68 Å². The molecule has 1 aromatic heterocycles. The van der Waals surface area contributed by atoms with Gasteiger partial charge >= 0.3 is 0 Å². The topological polar surface area (TPSA) is 77.5 Å². The Morgan fingerprint density at radius 1 is 1.15 bits per heavy atom. The largest absolute Gasteiger partial charge is 0.491 e. The van der Waals surface area contributed by atoms with Crippen LogP contribution in [0.1, 0.15) is 25.0 Å². The molecule has 140 valence electrons. The highest BCUT2D eigenvalue weighted by Gasteiger charge is 2.01. The Kier molecular flexibility index (Phi) is 6.10. The summed E-state index contributed by atoms with van der Waals surface area (Å²) < 4.78 is 7.53. The van der Waals surface area contributed by atoms with Gasteiger partial charge in [-0.05, 0) is 55.3 Å². The molecule has 0 fully saturated rings. The summed E-state index contributed by atoms with van der Waals surface area (Å²) >= 11 is 0. The third-order valence-corrected chi connectivity index (χ3v) is 3.83. The predicted octanol–water partition coefficient (Wildman–Crippen LogP) is 3.65. The van der Waals surface area contributed by atoms with Gasteiger partial charge in [0.15, 0.2) is 5.96 Å². The summed E-state index contributed by atoms with van der Waals surface area (Å²) in [7, 11) is 0. The van der Waals surface area contributed by atoms with Crippen molar-refractivity contribution in [2.24, 2.45) is 10.7 Å². The van der Waals surface area contributed by atoms with Crippen LogP contribution in [0.3, 0.4) is 0 Å². The van der Waals surface area contributed by atoms with Gasteiger partial charge in [-0.2, -0.15) is 5.10 Å². The van der Waals surface area contributed by atoms with Gasteiger partial charge in [0.1, 0.15) is 5.75 Å². The van der Waals surface area contributed by atoms with Crippen molar-refractivity contribution >= 4 is 11.6 Å². The van der Waals surface area contributed by atoms with Crippen molar-refractivity contribution in [2.45, 2.75) is 33.0 Å². The first kappa shape index (κ1) is 18.5. The summed E-state index contributed by atoms with van der Waals surface area (Å²) in [4.78, 5) is 4.43. The van der Waals surface area contributed by atoms with E-state index in [4.69, 9.17) is 10.5 Å². The standard InChI is InChI=1S/C21H25N5O/c1-16(2)27-20-9-7-19(8-10-20)25-21(22)23-14-17-5-3-6-18(13-17)15-26-12-4-11-24-26/h3-13,16H,14-15H2,1-2H3,(H3,22,23,25). The van der Waals surface area contributed by atoms with Gasteiger partial charge in [0.25, 0.3) is 0 Å². The molecule has 2 aromatic carbocycles. The number of hydrogen-bond acceptors (Lipinski definition) is 3. The van der Waals surface area contributed by atoms with Crippen molar-refractivity contribution in [3.63, 3.8) is 0 Å². The fourth-order valence-corrected chi connectivity index (χ4v) is 2.66. The number of ether oxygens (including phenoxy) is 1. The lowest BCUT2D eigenvalue weighted by molar-refractivity contribution is 0.242. The van der Waals surface area contributed by atoms with E-state index in [1.165, 1.54) is 5.56 Å². The number of rotatable bonds is 7. The smallest absolute Gasteiger partial charge is 0.193 e. The second-order valence-electron chi connectivity index (χ2n) is 6.54. The number of guanidine groups is 1. The van der Waals surface area contributed by atoms with Crippen molar-refractivity contribution in [2.75, 3.05) is 5.32 Å². The zero-order valence-electron chi connectivity index (χ0n) is 15.7. The molecule has 3 N–H and O–H groups in total. The molecule has 6 heteroatoms. The Bertz CT molecular complexity index is 870. The third kappa shape index (κ3) is 5.88. The van der Waals surface area contributed by atoms with Crippen molar-refractivity contribution in [1.29, 1.82) is 0 Å². The van der Waals surface area contributed by atoms with E-state index in [2.05, 4.69) is 27.5 Å². The Morgan fingerprint density at radius 3 is 2.63 bits per heavy atom. The van der Waals surface area contributed by atoms with E-state index in [1.54, 1.807) is 6.20 Å². The minimum absolute atomic E-state index is 0.152. The summed E-state index contributed by atoms with van der Waals surface area (Å²) in [6.45, 7) is 5.26. The van der Waals surface area contributed by atoms with E-state index >= 15 is 0 Å². The molecule has 0 aliphatic heterocycles. The normalized spacial score (nSPS) is 11.6. The summed E-state index contributed by atoms with van der Waals surface area (Å²) in [5.41, 5.74) is 9.17. The van der Waals surface area contributed by atoms with Gasteiger partial charge in [-0.15, -0.1) is 0 Å². The SMILES string of the molecule is CC(C)Oc1ccc(NC(N)=NCc2cccc(Cn3cccn3)c2)cc1. The molecule has 6 nitrogen and oxygen atoms in total. The minimum Gasteiger partial charge on any atom is -0.491 e. The monoisotopic (exact) mass is 363 g/mol. The lowest BCUT2D eigenvalue weighted by Gasteiger charge is -2.11. The number of aliphatic imine (C=N–C) groups is 1. The number of aromatic nitrogens is 2. The average molecular weight is 363 g/mol. The van der Waals surface area contributed by atoms with Crippen molar-refractivity contribution in [3.8, 4) is 5.75 Å². The zero-order chi connectivity index (χ0) is 19.1. The highest BCUT2D eigenvalue weighted by molar-refractivity contribution is 5.92. The maximum atomic E-state index is 6.01. The fourth-order valence-electron chi connectivity index (χ4n) is 2.66. The van der Waals surface area contributed by atoms with Crippen LogP contribution in [-0.2, 0) is 13.1 Å². The van der Waals surface area contributed by atoms with E-state index in [1.807, 2.05) is 67.2 Å². The average Bonchev–Trinajstić information content (AvgIpc) is 3.15. The number of nitrogens with zero attached hydrogens (tertiary/aromatic N) is 3. The van der Waals surface area contributed by atoms with Crippen LogP contribution in [0.25, 0.3) is 0 Å². The number of hydrogen-bond donors (Lipinski definition) is 2. The second kappa shape index (κ2) is 8.89. The van der Waals surface area contributed by atoms with Crippen LogP contribution in [0.2, 0.25) is 0 Å². The van der Waals surface area contributed by atoms with Gasteiger partial charge in [0.2, 0.25) is 0 Å². The maximum absolute atomic E-state index is 6.01. The van der Waals surface area contributed by atoms with Gasteiger partial charge < -0.3 is 15.8 Å². The first-order chi connectivity index (χ1) is 13.1. The molecule has 0 amide bonds. The first-order valence-corrected chi connectivity index (χ1v) is 8.97. The maximum Gasteiger partial charge on any atom is 0.193 e. The van der Waals surface area contributed by atoms with Crippen molar-refractivity contribution < 1.29 is 4.74 Å². The van der Waals surface area contributed by atoms with Crippen LogP contribution in [0, 0.1) is 0 Å². The van der Waals surface area contributed by atoms with Crippen LogP contribution in [0.4, 0.5) is 5.69 Å². The molecule has 27 heavy (non-hydrogen) atoms. The van der Waals surface area contributed by atoms with Crippen LogP contribution >= 0.6 is 0 Å². The Labute approximate surface area is 159 Å². The highest BCUT2D eigenvalue weighted by atomic mass is 16.5.